The van der Waals surface area contributed by atoms with Crippen molar-refractivity contribution in [3.63, 3.8) is 0 Å². The molecule has 0 aromatic carbocycles. The summed E-state index contributed by atoms with van der Waals surface area (Å²) in [6.07, 6.45) is 0. The zero-order valence-corrected chi connectivity index (χ0v) is 10.7. The van der Waals surface area contributed by atoms with E-state index in [9.17, 15) is 0 Å². The van der Waals surface area contributed by atoms with Gasteiger partial charge < -0.3 is 14.7 Å². The molecular formula is H3MoO4PVW. The van der Waals surface area contributed by atoms with Crippen molar-refractivity contribution >= 4 is 7.82 Å². The van der Waals surface area contributed by atoms with Gasteiger partial charge in [-0.05, 0) is 0 Å². The van der Waals surface area contributed by atoms with E-state index in [1.807, 2.05) is 0 Å². The number of hydrogen-bond donors (Lipinski definition) is 3. The molecule has 0 heterocycles. The molecule has 0 bridgehead atoms. The molecule has 0 aromatic rings. The minimum absolute atomic E-state index is 0. The van der Waals surface area contributed by atoms with E-state index in [1.54, 1.807) is 0 Å². The van der Waals surface area contributed by atoms with Gasteiger partial charge in [0.2, 0.25) is 0 Å². The van der Waals surface area contributed by atoms with Crippen LogP contribution in [0.5, 0.6) is 0 Å². The molecule has 0 spiro atoms. The van der Waals surface area contributed by atoms with E-state index in [4.69, 9.17) is 19.2 Å². The molecule has 0 aliphatic heterocycles. The minimum Gasteiger partial charge on any atom is -0.303 e. The van der Waals surface area contributed by atoms with Crippen molar-refractivity contribution in [2.24, 2.45) is 0 Å². The molecule has 49 valence electrons. The van der Waals surface area contributed by atoms with Crippen molar-refractivity contribution < 1.29 is 79.9 Å². The summed E-state index contributed by atoms with van der Waals surface area (Å²) in [5.74, 6) is 0. The Kier molecular flexibility index (Phi) is 25.5. The zero-order chi connectivity index (χ0) is 4.50. The van der Waals surface area contributed by atoms with E-state index in [1.165, 1.54) is 0 Å². The topological polar surface area (TPSA) is 77.8 Å². The number of hydrogen-bond acceptors (Lipinski definition) is 1. The molecule has 0 rings (SSSR count). The average Bonchev–Trinajstić information content (AvgIpc) is 0.722. The second-order valence-electron chi connectivity index (χ2n) is 0.513. The van der Waals surface area contributed by atoms with Gasteiger partial charge in [-0.2, -0.15) is 0 Å². The van der Waals surface area contributed by atoms with Crippen LogP contribution >= 0.6 is 7.82 Å². The van der Waals surface area contributed by atoms with Crippen molar-refractivity contribution in [1.82, 2.24) is 0 Å². The summed E-state index contributed by atoms with van der Waals surface area (Å²) in [5.41, 5.74) is 0. The van der Waals surface area contributed by atoms with Crippen molar-refractivity contribution in [2.75, 3.05) is 0 Å². The van der Waals surface area contributed by atoms with E-state index in [0.29, 0.717) is 0 Å². The molecule has 0 aromatic heterocycles. The number of phosphoric acid groups is 1. The largest absolute Gasteiger partial charge is 0.466 e. The van der Waals surface area contributed by atoms with Gasteiger partial charge in [-0.1, -0.05) is 0 Å². The molecule has 0 saturated heterocycles. The smallest absolute Gasteiger partial charge is 0.303 e. The summed E-state index contributed by atoms with van der Waals surface area (Å²) in [7, 11) is -4.64. The Morgan fingerprint density at radius 1 is 1.12 bits per heavy atom. The summed E-state index contributed by atoms with van der Waals surface area (Å²) in [6, 6.07) is 0. The molecule has 0 fully saturated rings. The molecule has 0 aliphatic carbocycles. The standard InChI is InChI=1S/Mo.H3O4P.V.W/c;1-5(2,3)4;;/h;(H3,1,2,3,4);;. The van der Waals surface area contributed by atoms with Crippen LogP contribution in [0.2, 0.25) is 0 Å². The first kappa shape index (κ1) is 22.5. The molecule has 0 saturated carbocycles. The Balaban J connectivity index is -0.0000000267. The van der Waals surface area contributed by atoms with Crippen LogP contribution in [0.3, 0.4) is 0 Å². The maximum Gasteiger partial charge on any atom is 0.466 e. The van der Waals surface area contributed by atoms with Crippen LogP contribution in [0, 0.1) is 0 Å². The van der Waals surface area contributed by atoms with Crippen LogP contribution < -0.4 is 0 Å². The Labute approximate surface area is 87.1 Å². The van der Waals surface area contributed by atoms with Crippen molar-refractivity contribution in [2.45, 2.75) is 0 Å². The normalized spacial score (nSPS) is 7.38. The summed E-state index contributed by atoms with van der Waals surface area (Å²) in [6.45, 7) is 0. The van der Waals surface area contributed by atoms with Gasteiger partial charge in [0.25, 0.3) is 0 Å². The summed E-state index contributed by atoms with van der Waals surface area (Å²) in [5, 5.41) is 0. The van der Waals surface area contributed by atoms with E-state index >= 15 is 0 Å². The predicted molar refractivity (Wildman–Crippen MR) is 14.3 cm³/mol. The van der Waals surface area contributed by atoms with Crippen LogP contribution in [0.15, 0.2) is 0 Å². The first-order valence-electron chi connectivity index (χ1n) is 0.783. The third-order valence-electron chi connectivity index (χ3n) is 0. The van der Waals surface area contributed by atoms with Gasteiger partial charge >= 0.3 is 7.82 Å². The van der Waals surface area contributed by atoms with Gasteiger partial charge in [-0.25, -0.2) is 4.57 Å². The SMILES string of the molecule is O=P(O)(O)O.[Mo].[V].[W]. The zero-order valence-electron chi connectivity index (χ0n) is 3.46. The molecule has 8 heteroatoms. The Morgan fingerprint density at radius 2 is 1.12 bits per heavy atom. The van der Waals surface area contributed by atoms with Crippen molar-refractivity contribution in [3.05, 3.63) is 0 Å². The fraction of sp³-hybridized carbons (Fsp3) is 0. The minimum atomic E-state index is -4.64. The molecule has 0 amide bonds. The van der Waals surface area contributed by atoms with E-state index in [0.717, 1.165) is 0 Å². The maximum atomic E-state index is 8.88. The molecule has 4 nitrogen and oxygen atoms in total. The Morgan fingerprint density at radius 3 is 1.12 bits per heavy atom. The van der Waals surface area contributed by atoms with Crippen molar-refractivity contribution in [1.29, 1.82) is 0 Å². The van der Waals surface area contributed by atoms with Crippen molar-refractivity contribution in [3.8, 4) is 0 Å². The van der Waals surface area contributed by atoms with E-state index < -0.39 is 7.82 Å². The van der Waals surface area contributed by atoms with Gasteiger partial charge in [0, 0.05) is 60.7 Å². The van der Waals surface area contributed by atoms with Crippen LogP contribution in [0.25, 0.3) is 0 Å². The summed E-state index contributed by atoms with van der Waals surface area (Å²) in [4.78, 5) is 21.6. The van der Waals surface area contributed by atoms with Gasteiger partial charge in [0.15, 0.2) is 0 Å². The quantitative estimate of drug-likeness (QED) is 0.344. The number of rotatable bonds is 0. The van der Waals surface area contributed by atoms with Gasteiger partial charge in [0.1, 0.15) is 0 Å². The van der Waals surface area contributed by atoms with Crippen LogP contribution in [-0.4, -0.2) is 14.7 Å². The Bertz CT molecular complexity index is 62.2. The molecule has 0 unspecified atom stereocenters. The third-order valence-corrected chi connectivity index (χ3v) is 0. The molecule has 3 N–H and O–H groups in total. The monoisotopic (exact) mass is 431 g/mol. The fourth-order valence-electron chi connectivity index (χ4n) is 0. The third kappa shape index (κ3) is 94.1. The first-order chi connectivity index (χ1) is 2.00. The second-order valence-corrected chi connectivity index (χ2v) is 1.54. The molecular weight excluding hydrogens is 426 g/mol. The first-order valence-corrected chi connectivity index (χ1v) is 2.35. The second kappa shape index (κ2) is 9.07. The molecule has 8 heavy (non-hydrogen) atoms. The van der Waals surface area contributed by atoms with Crippen LogP contribution in [0.4, 0.5) is 0 Å². The van der Waals surface area contributed by atoms with E-state index in [-0.39, 0.29) is 60.7 Å². The summed E-state index contributed by atoms with van der Waals surface area (Å²) < 4.78 is 8.88. The fourth-order valence-corrected chi connectivity index (χ4v) is 0. The van der Waals surface area contributed by atoms with Gasteiger partial charge in [-0.3, -0.25) is 0 Å². The van der Waals surface area contributed by atoms with Crippen LogP contribution in [-0.2, 0) is 65.3 Å². The van der Waals surface area contributed by atoms with Crippen LogP contribution in [0.1, 0.15) is 0 Å². The summed E-state index contributed by atoms with van der Waals surface area (Å²) >= 11 is 0. The predicted octanol–water partition coefficient (Wildman–Crippen LogP) is -0.936. The molecule has 0 atom stereocenters. The Hall–Kier alpha value is 2.07. The van der Waals surface area contributed by atoms with Gasteiger partial charge in [0.05, 0.1) is 0 Å². The average molecular weight is 429 g/mol. The molecule has 1 radical (unpaired) electrons. The molecule has 0 aliphatic rings. The van der Waals surface area contributed by atoms with Gasteiger partial charge in [-0.15, -0.1) is 0 Å². The van der Waals surface area contributed by atoms with E-state index in [2.05, 4.69) is 0 Å². The maximum absolute atomic E-state index is 8.88.